The van der Waals surface area contributed by atoms with Gasteiger partial charge in [0.1, 0.15) is 11.5 Å². The number of pyridine rings is 1. The predicted octanol–water partition coefficient (Wildman–Crippen LogP) is 5.26. The number of carbonyl (C=O) groups excluding carboxylic acids is 2. The number of anilines is 1. The first kappa shape index (κ1) is 25.1. The Morgan fingerprint density at radius 3 is 2.39 bits per heavy atom. The third-order valence-corrected chi connectivity index (χ3v) is 5.80. The van der Waals surface area contributed by atoms with E-state index in [0.29, 0.717) is 5.56 Å². The summed E-state index contributed by atoms with van der Waals surface area (Å²) in [5.74, 6) is -2.90. The Hall–Kier alpha value is -3.99. The maximum atomic E-state index is 14.0. The van der Waals surface area contributed by atoms with Crippen molar-refractivity contribution >= 4 is 40.0 Å². The van der Waals surface area contributed by atoms with Gasteiger partial charge in [-0.05, 0) is 31.5 Å². The van der Waals surface area contributed by atoms with Crippen LogP contribution in [0.3, 0.4) is 0 Å². The van der Waals surface area contributed by atoms with Gasteiger partial charge in [0.2, 0.25) is 0 Å². The first-order valence-electron chi connectivity index (χ1n) is 10.5. The summed E-state index contributed by atoms with van der Waals surface area (Å²) < 4.78 is 56.7. The third kappa shape index (κ3) is 4.87. The van der Waals surface area contributed by atoms with Gasteiger partial charge in [0, 0.05) is 11.5 Å². The quantitative estimate of drug-likeness (QED) is 0.351. The summed E-state index contributed by atoms with van der Waals surface area (Å²) in [7, 11) is 0. The SMILES string of the molecule is Cc1ccc(Cn2nc(C(F)(F)F)c(NC(=O)c3cc(C(N)=O)nc4cc(F)c(Cl)cc34)c2C)cc1. The van der Waals surface area contributed by atoms with Crippen LogP contribution in [-0.2, 0) is 12.7 Å². The minimum atomic E-state index is -4.88. The summed E-state index contributed by atoms with van der Waals surface area (Å²) in [5, 5.41) is 5.62. The van der Waals surface area contributed by atoms with Crippen molar-refractivity contribution in [2.45, 2.75) is 26.6 Å². The number of hydrogen-bond donors (Lipinski definition) is 2. The first-order valence-corrected chi connectivity index (χ1v) is 10.8. The summed E-state index contributed by atoms with van der Waals surface area (Å²) in [6.45, 7) is 3.30. The summed E-state index contributed by atoms with van der Waals surface area (Å²) in [5.41, 5.74) is 4.39. The maximum Gasteiger partial charge on any atom is 0.437 e. The molecule has 2 aromatic heterocycles. The Bertz CT molecular complexity index is 1510. The number of hydrogen-bond acceptors (Lipinski definition) is 4. The van der Waals surface area contributed by atoms with E-state index in [0.717, 1.165) is 28.4 Å². The molecule has 0 radical (unpaired) electrons. The van der Waals surface area contributed by atoms with Gasteiger partial charge < -0.3 is 11.1 Å². The van der Waals surface area contributed by atoms with Crippen molar-refractivity contribution < 1.29 is 27.2 Å². The molecule has 2 aromatic carbocycles. The van der Waals surface area contributed by atoms with Crippen LogP contribution in [0.4, 0.5) is 23.2 Å². The summed E-state index contributed by atoms with van der Waals surface area (Å²) in [6, 6.07) is 10.2. The molecule has 36 heavy (non-hydrogen) atoms. The molecule has 7 nitrogen and oxygen atoms in total. The van der Waals surface area contributed by atoms with E-state index in [4.69, 9.17) is 17.3 Å². The molecule has 4 rings (SSSR count). The number of rotatable bonds is 5. The molecule has 0 unspecified atom stereocenters. The van der Waals surface area contributed by atoms with Crippen molar-refractivity contribution in [3.63, 3.8) is 0 Å². The number of aromatic nitrogens is 3. The van der Waals surface area contributed by atoms with Crippen LogP contribution in [0.1, 0.15) is 43.4 Å². The zero-order chi connectivity index (χ0) is 26.4. The highest BCUT2D eigenvalue weighted by atomic mass is 35.5. The van der Waals surface area contributed by atoms with E-state index < -0.39 is 35.2 Å². The molecule has 0 saturated heterocycles. The molecular weight excluding hydrogens is 502 g/mol. The predicted molar refractivity (Wildman–Crippen MR) is 125 cm³/mol. The number of primary amides is 1. The van der Waals surface area contributed by atoms with Crippen LogP contribution in [0.25, 0.3) is 10.9 Å². The van der Waals surface area contributed by atoms with E-state index in [1.807, 2.05) is 19.1 Å². The smallest absolute Gasteiger partial charge is 0.364 e. The summed E-state index contributed by atoms with van der Waals surface area (Å²) in [4.78, 5) is 28.8. The molecule has 12 heteroatoms. The highest BCUT2D eigenvalue weighted by molar-refractivity contribution is 6.31. The number of nitrogens with one attached hydrogen (secondary N) is 1. The number of nitrogens with zero attached hydrogens (tertiary/aromatic N) is 3. The number of nitrogens with two attached hydrogens (primary N) is 1. The molecule has 3 N–H and O–H groups in total. The van der Waals surface area contributed by atoms with Crippen LogP contribution >= 0.6 is 11.6 Å². The molecule has 0 spiro atoms. The fraction of sp³-hybridized carbons (Fsp3) is 0.167. The molecule has 0 saturated carbocycles. The van der Waals surface area contributed by atoms with Gasteiger partial charge in [-0.1, -0.05) is 41.4 Å². The molecule has 186 valence electrons. The number of carbonyl (C=O) groups is 2. The van der Waals surface area contributed by atoms with E-state index in [2.05, 4.69) is 15.4 Å². The van der Waals surface area contributed by atoms with E-state index in [1.54, 1.807) is 12.1 Å². The van der Waals surface area contributed by atoms with Crippen molar-refractivity contribution in [3.05, 3.63) is 87.1 Å². The molecule has 0 bridgehead atoms. The van der Waals surface area contributed by atoms with Gasteiger partial charge in [-0.2, -0.15) is 18.3 Å². The molecule has 4 aromatic rings. The topological polar surface area (TPSA) is 103 Å². The van der Waals surface area contributed by atoms with Crippen LogP contribution in [0.15, 0.2) is 42.5 Å². The normalized spacial score (nSPS) is 11.6. The summed E-state index contributed by atoms with van der Waals surface area (Å²) in [6.07, 6.45) is -4.88. The maximum absolute atomic E-state index is 14.0. The fourth-order valence-electron chi connectivity index (χ4n) is 3.63. The molecule has 2 heterocycles. The number of benzene rings is 2. The Labute approximate surface area is 206 Å². The standard InChI is InChI=1S/C24H18ClF4N5O2/c1-11-3-5-13(6-4-11)10-34-12(2)20(21(33-34)24(27,28)29)32-23(36)15-8-19(22(30)35)31-18-9-17(26)16(25)7-14(15)18/h3-9H,10H2,1-2H3,(H2,30,35)(H,32,36). The van der Waals surface area contributed by atoms with E-state index in [-0.39, 0.29) is 39.4 Å². The molecule has 0 aliphatic carbocycles. The molecule has 2 amide bonds. The second-order valence-electron chi connectivity index (χ2n) is 8.11. The van der Waals surface area contributed by atoms with Crippen LogP contribution in [0.2, 0.25) is 5.02 Å². The number of halogens is 5. The van der Waals surface area contributed by atoms with Crippen molar-refractivity contribution in [1.29, 1.82) is 0 Å². The van der Waals surface area contributed by atoms with Crippen molar-refractivity contribution in [2.24, 2.45) is 5.73 Å². The van der Waals surface area contributed by atoms with Gasteiger partial charge in [0.15, 0.2) is 5.69 Å². The van der Waals surface area contributed by atoms with Gasteiger partial charge in [0.25, 0.3) is 11.8 Å². The van der Waals surface area contributed by atoms with Gasteiger partial charge >= 0.3 is 6.18 Å². The minimum absolute atomic E-state index is 0.0159. The van der Waals surface area contributed by atoms with Gasteiger partial charge in [0.05, 0.1) is 34.0 Å². The first-order chi connectivity index (χ1) is 16.8. The highest BCUT2D eigenvalue weighted by Crippen LogP contribution is 2.36. The van der Waals surface area contributed by atoms with E-state index >= 15 is 0 Å². The number of amides is 2. The average molecular weight is 520 g/mol. The Balaban J connectivity index is 1.80. The van der Waals surface area contributed by atoms with Crippen molar-refractivity contribution in [1.82, 2.24) is 14.8 Å². The van der Waals surface area contributed by atoms with Crippen molar-refractivity contribution in [3.8, 4) is 0 Å². The molecule has 0 aliphatic rings. The van der Waals surface area contributed by atoms with Gasteiger partial charge in [-0.15, -0.1) is 0 Å². The third-order valence-electron chi connectivity index (χ3n) is 5.51. The second kappa shape index (κ2) is 9.23. The summed E-state index contributed by atoms with van der Waals surface area (Å²) >= 11 is 5.84. The number of fused-ring (bicyclic) bond motifs is 1. The lowest BCUT2D eigenvalue weighted by molar-refractivity contribution is -0.140. The van der Waals surface area contributed by atoms with Crippen molar-refractivity contribution in [2.75, 3.05) is 5.32 Å². The number of alkyl halides is 3. The number of aryl methyl sites for hydroxylation is 1. The van der Waals surface area contributed by atoms with Crippen LogP contribution in [0, 0.1) is 19.7 Å². The van der Waals surface area contributed by atoms with Gasteiger partial charge in [-0.3, -0.25) is 14.3 Å². The minimum Gasteiger partial charge on any atom is -0.364 e. The molecule has 0 fully saturated rings. The second-order valence-corrected chi connectivity index (χ2v) is 8.51. The van der Waals surface area contributed by atoms with Gasteiger partial charge in [-0.25, -0.2) is 9.37 Å². The zero-order valence-electron chi connectivity index (χ0n) is 18.9. The molecule has 0 atom stereocenters. The fourth-order valence-corrected chi connectivity index (χ4v) is 3.79. The average Bonchev–Trinajstić information content (AvgIpc) is 3.10. The van der Waals surface area contributed by atoms with E-state index in [1.165, 1.54) is 6.92 Å². The largest absolute Gasteiger partial charge is 0.437 e. The van der Waals surface area contributed by atoms with E-state index in [9.17, 15) is 27.2 Å². The molecule has 0 aliphatic heterocycles. The molecular formula is C24H18ClF4N5O2. The monoisotopic (exact) mass is 519 g/mol. The van der Waals surface area contributed by atoms with Crippen LogP contribution < -0.4 is 11.1 Å². The zero-order valence-corrected chi connectivity index (χ0v) is 19.6. The Kier molecular flexibility index (Phi) is 6.44. The Morgan fingerprint density at radius 2 is 1.78 bits per heavy atom. The lowest BCUT2D eigenvalue weighted by atomic mass is 10.1. The Morgan fingerprint density at radius 1 is 1.11 bits per heavy atom. The highest BCUT2D eigenvalue weighted by Gasteiger charge is 2.39. The van der Waals surface area contributed by atoms with Crippen LogP contribution in [0.5, 0.6) is 0 Å². The lowest BCUT2D eigenvalue weighted by Gasteiger charge is -2.12. The van der Waals surface area contributed by atoms with Crippen LogP contribution in [-0.4, -0.2) is 26.6 Å². The lowest BCUT2D eigenvalue weighted by Crippen LogP contribution is -2.19.